The van der Waals surface area contributed by atoms with E-state index in [9.17, 15) is 9.18 Å². The summed E-state index contributed by atoms with van der Waals surface area (Å²) in [6, 6.07) is 8.85. The highest BCUT2D eigenvalue weighted by Crippen LogP contribution is 2.29. The molecule has 1 aliphatic carbocycles. The molecule has 168 valence electrons. The summed E-state index contributed by atoms with van der Waals surface area (Å²) in [7, 11) is 0. The van der Waals surface area contributed by atoms with Crippen LogP contribution in [-0.4, -0.2) is 27.3 Å². The number of aldehydes is 1. The Labute approximate surface area is 188 Å². The smallest absolute Gasteiger partial charge is 0.213 e. The van der Waals surface area contributed by atoms with Crippen LogP contribution in [0.4, 0.5) is 4.39 Å². The van der Waals surface area contributed by atoms with Crippen molar-refractivity contribution in [2.45, 2.75) is 59.0 Å². The van der Waals surface area contributed by atoms with E-state index in [0.29, 0.717) is 17.3 Å². The first-order valence-electron chi connectivity index (χ1n) is 11.2. The number of ether oxygens (including phenoxy) is 1. The molecule has 0 amide bonds. The standard InChI is InChI=1S/C26H30FN3O2/c1-26(2,3)13-20-15-29-25(30-20)22-10-6-18(12-23(22)27)19-7-11-24(28-14-19)32-21-8-4-17(16-31)5-9-21/h6-7,10-12,14-17,21H,4-5,8-9,13H2,1-3H3,(H,29,30). The number of imidazole rings is 1. The zero-order chi connectivity index (χ0) is 22.7. The molecule has 32 heavy (non-hydrogen) atoms. The predicted molar refractivity (Wildman–Crippen MR) is 123 cm³/mol. The number of hydrogen-bond donors (Lipinski definition) is 1. The van der Waals surface area contributed by atoms with E-state index < -0.39 is 0 Å². The summed E-state index contributed by atoms with van der Waals surface area (Å²) in [6.07, 6.45) is 8.93. The number of carbonyl (C=O) groups is 1. The maximum Gasteiger partial charge on any atom is 0.213 e. The first-order valence-corrected chi connectivity index (χ1v) is 11.2. The van der Waals surface area contributed by atoms with Crippen LogP contribution in [0.1, 0.15) is 52.1 Å². The minimum absolute atomic E-state index is 0.0951. The number of pyridine rings is 1. The molecule has 0 unspecified atom stereocenters. The van der Waals surface area contributed by atoms with Gasteiger partial charge in [-0.05, 0) is 61.3 Å². The van der Waals surface area contributed by atoms with Gasteiger partial charge in [-0.3, -0.25) is 0 Å². The molecule has 2 heterocycles. The van der Waals surface area contributed by atoms with Crippen molar-refractivity contribution >= 4 is 6.29 Å². The zero-order valence-electron chi connectivity index (χ0n) is 18.9. The Morgan fingerprint density at radius 2 is 1.81 bits per heavy atom. The first kappa shape index (κ1) is 22.2. The Morgan fingerprint density at radius 3 is 2.44 bits per heavy atom. The monoisotopic (exact) mass is 435 g/mol. The quantitative estimate of drug-likeness (QED) is 0.482. The fourth-order valence-electron chi connectivity index (χ4n) is 4.18. The van der Waals surface area contributed by atoms with Crippen LogP contribution in [0.2, 0.25) is 0 Å². The van der Waals surface area contributed by atoms with Gasteiger partial charge in [-0.1, -0.05) is 26.8 Å². The molecular formula is C26H30FN3O2. The lowest BCUT2D eigenvalue weighted by molar-refractivity contribution is -0.112. The van der Waals surface area contributed by atoms with Crippen molar-refractivity contribution in [3.05, 3.63) is 54.2 Å². The number of aromatic nitrogens is 3. The van der Waals surface area contributed by atoms with Gasteiger partial charge in [0, 0.05) is 35.6 Å². The number of hydrogen-bond acceptors (Lipinski definition) is 4. The first-order chi connectivity index (χ1) is 15.3. The highest BCUT2D eigenvalue weighted by Gasteiger charge is 2.22. The molecule has 6 heteroatoms. The lowest BCUT2D eigenvalue weighted by atomic mass is 9.88. The predicted octanol–water partition coefficient (Wildman–Crippen LogP) is 6.00. The van der Waals surface area contributed by atoms with Crippen molar-refractivity contribution in [1.82, 2.24) is 15.0 Å². The number of carbonyl (C=O) groups excluding carboxylic acids is 1. The summed E-state index contributed by atoms with van der Waals surface area (Å²) in [6.45, 7) is 6.47. The summed E-state index contributed by atoms with van der Waals surface area (Å²) in [5, 5.41) is 0. The van der Waals surface area contributed by atoms with Crippen molar-refractivity contribution in [3.8, 4) is 28.4 Å². The van der Waals surface area contributed by atoms with Gasteiger partial charge < -0.3 is 14.5 Å². The van der Waals surface area contributed by atoms with Crippen molar-refractivity contribution in [2.24, 2.45) is 11.3 Å². The fourth-order valence-corrected chi connectivity index (χ4v) is 4.18. The van der Waals surface area contributed by atoms with E-state index in [1.165, 1.54) is 6.07 Å². The normalized spacial score (nSPS) is 19.0. The van der Waals surface area contributed by atoms with Gasteiger partial charge in [0.25, 0.3) is 0 Å². The van der Waals surface area contributed by atoms with Gasteiger partial charge in [0.05, 0.1) is 5.56 Å². The van der Waals surface area contributed by atoms with Crippen LogP contribution in [0.5, 0.6) is 5.88 Å². The molecule has 0 radical (unpaired) electrons. The van der Waals surface area contributed by atoms with Crippen molar-refractivity contribution in [2.75, 3.05) is 0 Å². The lowest BCUT2D eigenvalue weighted by Crippen LogP contribution is -2.24. The maximum atomic E-state index is 14.9. The van der Waals surface area contributed by atoms with Crippen LogP contribution in [0, 0.1) is 17.2 Å². The van der Waals surface area contributed by atoms with E-state index >= 15 is 0 Å². The number of H-pyrrole nitrogens is 1. The van der Waals surface area contributed by atoms with Crippen molar-refractivity contribution in [1.29, 1.82) is 0 Å². The number of rotatable bonds is 6. The zero-order valence-corrected chi connectivity index (χ0v) is 18.9. The third-order valence-electron chi connectivity index (χ3n) is 5.84. The topological polar surface area (TPSA) is 67.9 Å². The van der Waals surface area contributed by atoms with Gasteiger partial charge in [-0.25, -0.2) is 14.4 Å². The summed E-state index contributed by atoms with van der Waals surface area (Å²) in [5.41, 5.74) is 3.14. The van der Waals surface area contributed by atoms with Crippen LogP contribution in [-0.2, 0) is 11.2 Å². The molecule has 1 saturated carbocycles. The highest BCUT2D eigenvalue weighted by molar-refractivity contribution is 5.68. The van der Waals surface area contributed by atoms with E-state index in [1.54, 1.807) is 18.5 Å². The Bertz CT molecular complexity index is 1060. The second kappa shape index (κ2) is 9.23. The molecule has 0 bridgehead atoms. The van der Waals surface area contributed by atoms with Crippen LogP contribution in [0.3, 0.4) is 0 Å². The fraction of sp³-hybridized carbons (Fsp3) is 0.423. The molecule has 1 N–H and O–H groups in total. The summed E-state index contributed by atoms with van der Waals surface area (Å²) < 4.78 is 20.9. The van der Waals surface area contributed by atoms with Crippen LogP contribution >= 0.6 is 0 Å². The Kier molecular flexibility index (Phi) is 6.40. The van der Waals surface area contributed by atoms with Gasteiger partial charge in [-0.2, -0.15) is 0 Å². The number of nitrogens with one attached hydrogen (secondary N) is 1. The molecule has 1 fully saturated rings. The van der Waals surface area contributed by atoms with Gasteiger partial charge in [-0.15, -0.1) is 0 Å². The summed E-state index contributed by atoms with van der Waals surface area (Å²) in [4.78, 5) is 22.9. The minimum atomic E-state index is -0.327. The minimum Gasteiger partial charge on any atom is -0.474 e. The largest absolute Gasteiger partial charge is 0.474 e. The highest BCUT2D eigenvalue weighted by atomic mass is 19.1. The second-order valence-corrected chi connectivity index (χ2v) is 9.86. The average molecular weight is 436 g/mol. The third kappa shape index (κ3) is 5.42. The molecule has 5 nitrogen and oxygen atoms in total. The summed E-state index contributed by atoms with van der Waals surface area (Å²) >= 11 is 0. The lowest BCUT2D eigenvalue weighted by Gasteiger charge is -2.25. The Hall–Kier alpha value is -3.02. The molecular weight excluding hydrogens is 405 g/mol. The van der Waals surface area contributed by atoms with Crippen LogP contribution in [0.15, 0.2) is 42.7 Å². The van der Waals surface area contributed by atoms with E-state index in [1.807, 2.05) is 18.2 Å². The van der Waals surface area contributed by atoms with Crippen molar-refractivity contribution < 1.29 is 13.9 Å². The van der Waals surface area contributed by atoms with E-state index in [0.717, 1.165) is 55.2 Å². The maximum absolute atomic E-state index is 14.9. The molecule has 1 aliphatic rings. The van der Waals surface area contributed by atoms with Gasteiger partial charge >= 0.3 is 0 Å². The van der Waals surface area contributed by atoms with E-state index in [4.69, 9.17) is 4.74 Å². The van der Waals surface area contributed by atoms with Crippen molar-refractivity contribution in [3.63, 3.8) is 0 Å². The Balaban J connectivity index is 1.43. The number of benzene rings is 1. The average Bonchev–Trinajstić information content (AvgIpc) is 3.21. The molecule has 0 spiro atoms. The molecule has 2 aromatic heterocycles. The molecule has 0 atom stereocenters. The van der Waals surface area contributed by atoms with E-state index in [2.05, 4.69) is 35.7 Å². The molecule has 3 aromatic rings. The molecule has 1 aromatic carbocycles. The van der Waals surface area contributed by atoms with E-state index in [-0.39, 0.29) is 23.3 Å². The van der Waals surface area contributed by atoms with Crippen LogP contribution < -0.4 is 4.74 Å². The van der Waals surface area contributed by atoms with Gasteiger partial charge in [0.15, 0.2) is 0 Å². The van der Waals surface area contributed by atoms with Crippen LogP contribution in [0.25, 0.3) is 22.5 Å². The summed E-state index contributed by atoms with van der Waals surface area (Å²) in [5.74, 6) is 0.933. The third-order valence-corrected chi connectivity index (χ3v) is 5.84. The number of aromatic amines is 1. The van der Waals surface area contributed by atoms with Gasteiger partial charge in [0.2, 0.25) is 5.88 Å². The second-order valence-electron chi connectivity index (χ2n) is 9.86. The number of nitrogens with zero attached hydrogens (tertiary/aromatic N) is 2. The Morgan fingerprint density at radius 1 is 1.06 bits per heavy atom. The molecule has 0 aliphatic heterocycles. The number of halogens is 1. The van der Waals surface area contributed by atoms with Gasteiger partial charge in [0.1, 0.15) is 24.0 Å². The SMILES string of the molecule is CC(C)(C)Cc1cnc(-c2ccc(-c3ccc(OC4CCC(C=O)CC4)nc3)cc2F)[nH]1. The molecule has 4 rings (SSSR count). The molecule has 0 saturated heterocycles.